The lowest BCUT2D eigenvalue weighted by Gasteiger charge is -2.20. The number of aromatic nitrogens is 1. The van der Waals surface area contributed by atoms with E-state index in [2.05, 4.69) is 20.9 Å². The number of aliphatic carboxylic acids is 1. The molecular formula is C34H34N6O7. The number of nitrogens with one attached hydrogen (secondary N) is 3. The second-order valence-electron chi connectivity index (χ2n) is 10.6. The molecule has 1 heterocycles. The molecule has 47 heavy (non-hydrogen) atoms. The van der Waals surface area contributed by atoms with Crippen molar-refractivity contribution in [1.82, 2.24) is 10.3 Å². The second-order valence-corrected chi connectivity index (χ2v) is 10.6. The van der Waals surface area contributed by atoms with Gasteiger partial charge in [0.25, 0.3) is 5.91 Å². The van der Waals surface area contributed by atoms with Crippen LogP contribution < -0.4 is 31.3 Å². The zero-order chi connectivity index (χ0) is 34.1. The highest BCUT2D eigenvalue weighted by Crippen LogP contribution is 2.27. The van der Waals surface area contributed by atoms with Gasteiger partial charge >= 0.3 is 12.0 Å². The Morgan fingerprint density at radius 2 is 1.60 bits per heavy atom. The monoisotopic (exact) mass is 638 g/mol. The van der Waals surface area contributed by atoms with Gasteiger partial charge in [-0.2, -0.15) is 0 Å². The fraction of sp³-hybridized carbons (Fsp3) is 0.176. The Bertz CT molecular complexity index is 1790. The number of nitrogens with zero attached hydrogens (tertiary/aromatic N) is 2. The fourth-order valence-corrected chi connectivity index (χ4v) is 4.61. The van der Waals surface area contributed by atoms with Crippen LogP contribution in [0.1, 0.15) is 50.0 Å². The number of anilines is 3. The predicted octanol–water partition coefficient (Wildman–Crippen LogP) is 4.29. The van der Waals surface area contributed by atoms with E-state index in [1.807, 2.05) is 25.1 Å². The topological polar surface area (TPSA) is 193 Å². The normalized spacial score (nSPS) is 11.1. The van der Waals surface area contributed by atoms with E-state index in [0.29, 0.717) is 28.4 Å². The van der Waals surface area contributed by atoms with Crippen LogP contribution in [0.5, 0.6) is 5.75 Å². The third-order valence-corrected chi connectivity index (χ3v) is 7.27. The van der Waals surface area contributed by atoms with Crippen molar-refractivity contribution in [3.05, 3.63) is 113 Å². The number of hydrogen-bond acceptors (Lipinski definition) is 7. The van der Waals surface area contributed by atoms with Crippen LogP contribution in [0.2, 0.25) is 0 Å². The molecule has 0 saturated carbocycles. The molecule has 6 N–H and O–H groups in total. The van der Waals surface area contributed by atoms with Crippen LogP contribution in [0.3, 0.4) is 0 Å². The Kier molecular flexibility index (Phi) is 10.9. The summed E-state index contributed by atoms with van der Waals surface area (Å²) in [5, 5.41) is 17.6. The number of benzene rings is 3. The van der Waals surface area contributed by atoms with E-state index in [1.165, 1.54) is 48.5 Å². The molecule has 0 aliphatic carbocycles. The molecule has 5 amide bonds. The molecule has 1 aromatic heterocycles. The summed E-state index contributed by atoms with van der Waals surface area (Å²) < 4.78 is 5.45. The Hall–Kier alpha value is -6.24. The Balaban J connectivity index is 1.40. The van der Waals surface area contributed by atoms with Gasteiger partial charge in [-0.25, -0.2) is 4.79 Å². The summed E-state index contributed by atoms with van der Waals surface area (Å²) in [5.74, 6) is -2.25. The smallest absolute Gasteiger partial charge is 0.323 e. The number of aryl methyl sites for hydroxylation is 1. The van der Waals surface area contributed by atoms with E-state index >= 15 is 0 Å². The average Bonchev–Trinajstić information content (AvgIpc) is 3.05. The fourth-order valence-electron chi connectivity index (χ4n) is 4.61. The first-order valence-electron chi connectivity index (χ1n) is 14.4. The summed E-state index contributed by atoms with van der Waals surface area (Å²) in [4.78, 5) is 67.1. The van der Waals surface area contributed by atoms with E-state index < -0.39 is 36.3 Å². The number of hydrogen-bond donors (Lipinski definition) is 5. The number of primary amides is 1. The van der Waals surface area contributed by atoms with Crippen molar-refractivity contribution in [2.24, 2.45) is 5.73 Å². The van der Waals surface area contributed by atoms with Gasteiger partial charge in [-0.1, -0.05) is 24.3 Å². The number of amides is 5. The third-order valence-electron chi connectivity index (χ3n) is 7.27. The summed E-state index contributed by atoms with van der Waals surface area (Å²) in [7, 11) is 3.04. The number of pyridine rings is 1. The molecule has 0 fully saturated rings. The minimum absolute atomic E-state index is 0.0105. The van der Waals surface area contributed by atoms with Crippen molar-refractivity contribution in [1.29, 1.82) is 0 Å². The Labute approximate surface area is 270 Å². The maximum Gasteiger partial charge on any atom is 0.323 e. The molecule has 13 heteroatoms. The highest BCUT2D eigenvalue weighted by atomic mass is 16.5. The SMILES string of the molecule is COc1cc(CC(=O)N(C)c2ccc(C(CC(=O)O)NC(=O)c3ccc(C(N)=O)cc3)nc2)ccc1NC(=O)Nc1ccccc1C. The van der Waals surface area contributed by atoms with Gasteiger partial charge in [0.2, 0.25) is 11.8 Å². The van der Waals surface area contributed by atoms with E-state index in [4.69, 9.17) is 10.5 Å². The van der Waals surface area contributed by atoms with Crippen LogP contribution in [0.15, 0.2) is 85.1 Å². The molecule has 3 aromatic carbocycles. The van der Waals surface area contributed by atoms with E-state index in [-0.39, 0.29) is 29.1 Å². The predicted molar refractivity (Wildman–Crippen MR) is 176 cm³/mol. The van der Waals surface area contributed by atoms with Crippen molar-refractivity contribution in [2.45, 2.75) is 25.8 Å². The van der Waals surface area contributed by atoms with Gasteiger partial charge < -0.3 is 36.4 Å². The Morgan fingerprint density at radius 1 is 0.915 bits per heavy atom. The highest BCUT2D eigenvalue weighted by molar-refractivity contribution is 6.01. The van der Waals surface area contributed by atoms with Crippen molar-refractivity contribution in [3.63, 3.8) is 0 Å². The van der Waals surface area contributed by atoms with E-state index in [9.17, 15) is 29.1 Å². The summed E-state index contributed by atoms with van der Waals surface area (Å²) in [6.45, 7) is 1.89. The molecule has 0 radical (unpaired) electrons. The molecule has 0 aliphatic rings. The largest absolute Gasteiger partial charge is 0.495 e. The molecule has 13 nitrogen and oxygen atoms in total. The number of ether oxygens (including phenoxy) is 1. The van der Waals surface area contributed by atoms with Gasteiger partial charge in [-0.15, -0.1) is 0 Å². The third kappa shape index (κ3) is 8.91. The standard InChI is InChI=1S/C34H34N6O7/c1-20-6-4-5-7-25(20)38-34(46)39-27-14-8-21(16-29(27)47-3)17-30(41)40(2)24-13-15-26(36-19-24)28(18-31(42)43)37-33(45)23-11-9-22(10-12-23)32(35)44/h4-16,19,28H,17-18H2,1-3H3,(H2,35,44)(H,37,45)(H,42,43)(H2,38,39,46). The first kappa shape index (κ1) is 33.6. The number of carboxylic acids is 1. The first-order valence-corrected chi connectivity index (χ1v) is 14.4. The van der Waals surface area contributed by atoms with Crippen molar-refractivity contribution in [2.75, 3.05) is 29.7 Å². The summed E-state index contributed by atoms with van der Waals surface area (Å²) in [6, 6.07) is 19.7. The van der Waals surface area contributed by atoms with Crippen molar-refractivity contribution >= 4 is 46.8 Å². The van der Waals surface area contributed by atoms with Gasteiger partial charge in [-0.05, 0) is 72.6 Å². The number of carbonyl (C=O) groups excluding carboxylic acids is 4. The van der Waals surface area contributed by atoms with Crippen molar-refractivity contribution in [3.8, 4) is 5.75 Å². The van der Waals surface area contributed by atoms with Crippen LogP contribution in [0.25, 0.3) is 0 Å². The summed E-state index contributed by atoms with van der Waals surface area (Å²) in [5.41, 5.74) is 9.05. The van der Waals surface area contributed by atoms with Crippen LogP contribution in [-0.2, 0) is 16.0 Å². The lowest BCUT2D eigenvalue weighted by atomic mass is 10.1. The number of methoxy groups -OCH3 is 1. The van der Waals surface area contributed by atoms with Gasteiger partial charge in [0.15, 0.2) is 0 Å². The van der Waals surface area contributed by atoms with Crippen LogP contribution >= 0.6 is 0 Å². The number of rotatable bonds is 12. The maximum atomic E-state index is 13.2. The molecule has 242 valence electrons. The van der Waals surface area contributed by atoms with E-state index in [0.717, 1.165) is 5.56 Å². The van der Waals surface area contributed by atoms with Gasteiger partial charge in [0, 0.05) is 23.9 Å². The lowest BCUT2D eigenvalue weighted by molar-refractivity contribution is -0.137. The quantitative estimate of drug-likeness (QED) is 0.152. The lowest BCUT2D eigenvalue weighted by Crippen LogP contribution is -2.31. The zero-order valence-electron chi connectivity index (χ0n) is 25.9. The molecule has 0 aliphatic heterocycles. The molecular weight excluding hydrogens is 604 g/mol. The molecule has 4 aromatic rings. The van der Waals surface area contributed by atoms with Crippen LogP contribution in [0.4, 0.5) is 21.9 Å². The Morgan fingerprint density at radius 3 is 2.21 bits per heavy atom. The first-order chi connectivity index (χ1) is 22.4. The van der Waals surface area contributed by atoms with Gasteiger partial charge in [0.1, 0.15) is 5.75 Å². The van der Waals surface area contributed by atoms with E-state index in [1.54, 1.807) is 37.4 Å². The molecule has 4 rings (SSSR count). The number of urea groups is 1. The summed E-state index contributed by atoms with van der Waals surface area (Å²) >= 11 is 0. The minimum atomic E-state index is -1.15. The molecule has 1 unspecified atom stereocenters. The van der Waals surface area contributed by atoms with Crippen LogP contribution in [-0.4, -0.2) is 54.0 Å². The van der Waals surface area contributed by atoms with Crippen LogP contribution in [0, 0.1) is 6.92 Å². The maximum absolute atomic E-state index is 13.2. The molecule has 0 bridgehead atoms. The summed E-state index contributed by atoms with van der Waals surface area (Å²) in [6.07, 6.45) is 0.986. The number of carbonyl (C=O) groups is 5. The zero-order valence-corrected chi connectivity index (χ0v) is 25.9. The van der Waals surface area contributed by atoms with Gasteiger partial charge in [-0.3, -0.25) is 24.2 Å². The highest BCUT2D eigenvalue weighted by Gasteiger charge is 2.22. The minimum Gasteiger partial charge on any atom is -0.495 e. The second kappa shape index (κ2) is 15.2. The molecule has 0 spiro atoms. The average molecular weight is 639 g/mol. The molecule has 1 atom stereocenters. The number of carboxylic acid groups (broad SMARTS) is 1. The van der Waals surface area contributed by atoms with Crippen molar-refractivity contribution < 1.29 is 33.8 Å². The number of nitrogens with two attached hydrogens (primary N) is 1. The number of para-hydroxylation sites is 1. The molecule has 0 saturated heterocycles. The number of likely N-dealkylation sites (N-methyl/N-ethyl adjacent to an activating group) is 1. The van der Waals surface area contributed by atoms with Gasteiger partial charge in [0.05, 0.1) is 49.3 Å².